The molecule has 2 aliphatic rings. The number of aromatic nitrogens is 2. The summed E-state index contributed by atoms with van der Waals surface area (Å²) in [5.74, 6) is 0. The van der Waals surface area contributed by atoms with Crippen molar-refractivity contribution in [2.45, 2.75) is 50.8 Å². The van der Waals surface area contributed by atoms with Crippen LogP contribution in [-0.2, 0) is 30.4 Å². The molecule has 3 heterocycles. The Kier molecular flexibility index (Phi) is 6.89. The molecule has 12 nitrogen and oxygen atoms in total. The predicted molar refractivity (Wildman–Crippen MR) is 119 cm³/mol. The Labute approximate surface area is 195 Å². The fourth-order valence-electron chi connectivity index (χ4n) is 4.22. The molecule has 2 aliphatic heterocycles. The van der Waals surface area contributed by atoms with Crippen LogP contribution in [0.3, 0.4) is 0 Å². The second-order valence-electron chi connectivity index (χ2n) is 8.33. The Morgan fingerprint density at radius 1 is 1.26 bits per heavy atom. The smallest absolute Gasteiger partial charge is 0.422 e. The molecule has 0 saturated carbocycles. The number of nitrogens with one attached hydrogen (secondary N) is 2. The van der Waals surface area contributed by atoms with E-state index in [1.54, 1.807) is 11.9 Å². The van der Waals surface area contributed by atoms with E-state index in [0.29, 0.717) is 5.56 Å². The Balaban J connectivity index is 1.51. The van der Waals surface area contributed by atoms with Crippen LogP contribution < -0.4 is 16.7 Å². The Hall–Kier alpha value is -3.00. The van der Waals surface area contributed by atoms with Gasteiger partial charge in [0.2, 0.25) is 0 Å². The number of aromatic amines is 1. The van der Waals surface area contributed by atoms with E-state index in [4.69, 9.17) is 13.7 Å². The van der Waals surface area contributed by atoms with Gasteiger partial charge >= 0.3 is 11.8 Å². The first-order valence-electron chi connectivity index (χ1n) is 10.7. The van der Waals surface area contributed by atoms with Gasteiger partial charge in [0.15, 0.2) is 0 Å². The van der Waals surface area contributed by atoms with Crippen molar-refractivity contribution < 1.29 is 26.9 Å². The fraction of sp³-hybridized carbons (Fsp3) is 0.476. The molecule has 0 unspecified atom stereocenters. The molecule has 34 heavy (non-hydrogen) atoms. The van der Waals surface area contributed by atoms with E-state index < -0.39 is 51.9 Å². The number of piperidine rings is 1. The summed E-state index contributed by atoms with van der Waals surface area (Å²) < 4.78 is 41.4. The van der Waals surface area contributed by atoms with Crippen LogP contribution in [0.4, 0.5) is 4.79 Å². The maximum absolute atomic E-state index is 12.4. The van der Waals surface area contributed by atoms with Gasteiger partial charge in [0.05, 0.1) is 12.3 Å². The van der Waals surface area contributed by atoms with Crippen LogP contribution in [0, 0.1) is 6.92 Å². The van der Waals surface area contributed by atoms with E-state index in [1.165, 1.54) is 10.8 Å². The molecule has 13 heteroatoms. The van der Waals surface area contributed by atoms with Gasteiger partial charge in [0.1, 0.15) is 25.0 Å². The summed E-state index contributed by atoms with van der Waals surface area (Å²) >= 11 is 0. The van der Waals surface area contributed by atoms with Crippen LogP contribution in [-0.4, -0.2) is 60.1 Å². The number of hydrogen-bond acceptors (Lipinski definition) is 9. The summed E-state index contributed by atoms with van der Waals surface area (Å²) in [5.41, 5.74) is 2.69. The minimum Gasteiger partial charge on any atom is -0.444 e. The number of benzene rings is 1. The zero-order valence-corrected chi connectivity index (χ0v) is 19.5. The highest BCUT2D eigenvalue weighted by Gasteiger charge is 2.49. The van der Waals surface area contributed by atoms with Gasteiger partial charge in [-0.25, -0.2) is 14.6 Å². The van der Waals surface area contributed by atoms with Crippen molar-refractivity contribution >= 4 is 16.2 Å². The number of hydrazine groups is 1. The van der Waals surface area contributed by atoms with Crippen LogP contribution in [0.1, 0.15) is 30.2 Å². The SMILES string of the molecule is Cc1cn([C@H]2C[C@H]3[C@H](O2)[C@H](OS(C)(=O)=O)CCN3NC(=O)OCc2ccccc2)c(=O)[nH]c1=O. The normalized spacial score (nSPS) is 25.0. The zero-order chi connectivity index (χ0) is 24.5. The highest BCUT2D eigenvalue weighted by Crippen LogP contribution is 2.37. The van der Waals surface area contributed by atoms with Gasteiger partial charge < -0.3 is 9.47 Å². The van der Waals surface area contributed by atoms with Crippen molar-refractivity contribution in [1.29, 1.82) is 0 Å². The second-order valence-corrected chi connectivity index (χ2v) is 9.93. The summed E-state index contributed by atoms with van der Waals surface area (Å²) in [5, 5.41) is 1.61. The lowest BCUT2D eigenvalue weighted by Gasteiger charge is -2.39. The Bertz CT molecular complexity index is 1260. The average molecular weight is 495 g/mol. The molecule has 1 aromatic heterocycles. The number of H-pyrrole nitrogens is 1. The predicted octanol–water partition coefficient (Wildman–Crippen LogP) is 0.393. The van der Waals surface area contributed by atoms with Crippen LogP contribution in [0.15, 0.2) is 46.1 Å². The lowest BCUT2D eigenvalue weighted by molar-refractivity contribution is -0.0935. The molecule has 0 spiro atoms. The molecule has 0 aliphatic carbocycles. The number of amides is 1. The monoisotopic (exact) mass is 494 g/mol. The van der Waals surface area contributed by atoms with Crippen LogP contribution >= 0.6 is 0 Å². The van der Waals surface area contributed by atoms with Gasteiger partial charge in [-0.3, -0.25) is 24.0 Å². The first-order valence-corrected chi connectivity index (χ1v) is 12.5. The quantitative estimate of drug-likeness (QED) is 0.544. The molecule has 4 rings (SSSR count). The maximum atomic E-state index is 12.4. The lowest BCUT2D eigenvalue weighted by Crippen LogP contribution is -2.59. The summed E-state index contributed by atoms with van der Waals surface area (Å²) in [6.07, 6.45) is -0.211. The van der Waals surface area contributed by atoms with Gasteiger partial charge in [-0.05, 0) is 18.9 Å². The molecule has 2 saturated heterocycles. The number of nitrogens with zero attached hydrogens (tertiary/aromatic N) is 2. The molecule has 4 atom stereocenters. The molecule has 184 valence electrons. The summed E-state index contributed by atoms with van der Waals surface area (Å²) in [7, 11) is -3.77. The topological polar surface area (TPSA) is 149 Å². The standard InChI is InChI=1S/C21H26N4O8S/c1-13-11-24(20(27)22-19(13)26)17-10-15-18(32-17)16(33-34(2,29)30)8-9-25(15)23-21(28)31-12-14-6-4-3-5-7-14/h3-7,11,15-18H,8-10,12H2,1-2H3,(H,23,28)(H,22,26,27)/t15-,16+,17+,18-/m0/s1. The zero-order valence-electron chi connectivity index (χ0n) is 18.7. The van der Waals surface area contributed by atoms with E-state index in [1.807, 2.05) is 30.3 Å². The molecule has 2 fully saturated rings. The molecule has 2 aromatic rings. The molecular weight excluding hydrogens is 468 g/mol. The van der Waals surface area contributed by atoms with E-state index in [9.17, 15) is 22.8 Å². The third-order valence-electron chi connectivity index (χ3n) is 5.76. The van der Waals surface area contributed by atoms with Gasteiger partial charge in [-0.15, -0.1) is 0 Å². The third-order valence-corrected chi connectivity index (χ3v) is 6.36. The van der Waals surface area contributed by atoms with E-state index >= 15 is 0 Å². The number of fused-ring (bicyclic) bond motifs is 1. The van der Waals surface area contributed by atoms with Crippen molar-refractivity contribution in [1.82, 2.24) is 20.0 Å². The molecular formula is C21H26N4O8S. The maximum Gasteiger partial charge on any atom is 0.422 e. The Morgan fingerprint density at radius 3 is 2.71 bits per heavy atom. The molecule has 1 amide bonds. The average Bonchev–Trinajstić information content (AvgIpc) is 3.22. The number of carbonyl (C=O) groups is 1. The number of rotatable bonds is 6. The van der Waals surface area contributed by atoms with Crippen LogP contribution in [0.25, 0.3) is 0 Å². The van der Waals surface area contributed by atoms with E-state index in [0.717, 1.165) is 11.8 Å². The number of hydrogen-bond donors (Lipinski definition) is 2. The minimum atomic E-state index is -3.77. The number of ether oxygens (including phenoxy) is 2. The lowest BCUT2D eigenvalue weighted by atomic mass is 9.97. The van der Waals surface area contributed by atoms with Crippen molar-refractivity contribution in [2.24, 2.45) is 0 Å². The Morgan fingerprint density at radius 2 is 2.00 bits per heavy atom. The number of carbonyl (C=O) groups excluding carboxylic acids is 1. The van der Waals surface area contributed by atoms with Gasteiger partial charge in [0, 0.05) is 24.7 Å². The molecule has 1 aromatic carbocycles. The summed E-state index contributed by atoms with van der Waals surface area (Å²) in [6, 6.07) is 8.69. The van der Waals surface area contributed by atoms with Gasteiger partial charge in [-0.1, -0.05) is 30.3 Å². The summed E-state index contributed by atoms with van der Waals surface area (Å²) in [6.45, 7) is 1.92. The van der Waals surface area contributed by atoms with Crippen molar-refractivity contribution in [2.75, 3.05) is 12.8 Å². The van der Waals surface area contributed by atoms with E-state index in [-0.39, 0.29) is 26.0 Å². The van der Waals surface area contributed by atoms with Crippen LogP contribution in [0.2, 0.25) is 0 Å². The highest BCUT2D eigenvalue weighted by atomic mass is 32.2. The van der Waals surface area contributed by atoms with Gasteiger partial charge in [0.25, 0.3) is 15.7 Å². The van der Waals surface area contributed by atoms with Gasteiger partial charge in [-0.2, -0.15) is 8.42 Å². The largest absolute Gasteiger partial charge is 0.444 e. The number of aryl methyl sites for hydroxylation is 1. The van der Waals surface area contributed by atoms with Crippen LogP contribution in [0.5, 0.6) is 0 Å². The minimum absolute atomic E-state index is 0.0829. The van der Waals surface area contributed by atoms with Crippen molar-refractivity contribution in [3.05, 3.63) is 68.5 Å². The van der Waals surface area contributed by atoms with E-state index in [2.05, 4.69) is 10.4 Å². The van der Waals surface area contributed by atoms with Crippen molar-refractivity contribution in [3.8, 4) is 0 Å². The highest BCUT2D eigenvalue weighted by molar-refractivity contribution is 7.86. The second kappa shape index (κ2) is 9.70. The first-order chi connectivity index (χ1) is 16.1. The first kappa shape index (κ1) is 24.1. The summed E-state index contributed by atoms with van der Waals surface area (Å²) in [4.78, 5) is 38.8. The molecule has 0 bridgehead atoms. The third kappa shape index (κ3) is 5.55. The van der Waals surface area contributed by atoms with Crippen molar-refractivity contribution in [3.63, 3.8) is 0 Å². The fourth-order valence-corrected chi connectivity index (χ4v) is 4.88. The molecule has 0 radical (unpaired) electrons. The molecule has 2 N–H and O–H groups in total.